The predicted molar refractivity (Wildman–Crippen MR) is 172 cm³/mol. The molecule has 0 spiro atoms. The normalized spacial score (nSPS) is 18.4. The van der Waals surface area contributed by atoms with Gasteiger partial charge in [0, 0.05) is 0 Å². The van der Waals surface area contributed by atoms with Crippen LogP contribution < -0.4 is 9.47 Å². The zero-order chi connectivity index (χ0) is 30.1. The Labute approximate surface area is 260 Å². The third-order valence-corrected chi connectivity index (χ3v) is 8.08. The highest BCUT2D eigenvalue weighted by molar-refractivity contribution is 5.65. The van der Waals surface area contributed by atoms with Crippen molar-refractivity contribution in [3.05, 3.63) is 108 Å². The van der Waals surface area contributed by atoms with Crippen molar-refractivity contribution in [2.75, 3.05) is 39.6 Å². The number of unbranched alkanes of at least 4 members (excludes halogenated alkanes) is 1. The lowest BCUT2D eigenvalue weighted by atomic mass is 10.0. The van der Waals surface area contributed by atoms with Crippen molar-refractivity contribution >= 4 is 0 Å². The molecular weight excluding hydrogens is 552 g/mol. The average molecular weight is 595 g/mol. The van der Waals surface area contributed by atoms with Crippen molar-refractivity contribution in [1.82, 2.24) is 0 Å². The summed E-state index contributed by atoms with van der Waals surface area (Å²) < 4.78 is 34.2. The Morgan fingerprint density at radius 3 is 1.16 bits per heavy atom. The van der Waals surface area contributed by atoms with E-state index >= 15 is 0 Å². The molecule has 0 N–H and O–H groups in total. The van der Waals surface area contributed by atoms with Gasteiger partial charge >= 0.3 is 0 Å². The van der Waals surface area contributed by atoms with Gasteiger partial charge < -0.3 is 28.4 Å². The van der Waals surface area contributed by atoms with Crippen LogP contribution in [0.3, 0.4) is 0 Å². The van der Waals surface area contributed by atoms with E-state index < -0.39 is 0 Å². The van der Waals surface area contributed by atoms with E-state index in [4.69, 9.17) is 28.4 Å². The monoisotopic (exact) mass is 594 g/mol. The topological polar surface area (TPSA) is 62.0 Å². The molecule has 0 aliphatic carbocycles. The van der Waals surface area contributed by atoms with E-state index in [0.717, 1.165) is 37.6 Å². The van der Waals surface area contributed by atoms with Crippen LogP contribution >= 0.6 is 0 Å². The Balaban J connectivity index is 0.871. The highest BCUT2D eigenvalue weighted by atomic mass is 16.6. The van der Waals surface area contributed by atoms with Crippen molar-refractivity contribution in [1.29, 1.82) is 0 Å². The fourth-order valence-corrected chi connectivity index (χ4v) is 4.99. The van der Waals surface area contributed by atoms with Gasteiger partial charge in [0.2, 0.25) is 0 Å². The number of rotatable bonds is 17. The summed E-state index contributed by atoms with van der Waals surface area (Å²) in [6.07, 6.45) is 2.55. The minimum absolute atomic E-state index is 0.0620. The van der Waals surface area contributed by atoms with Crippen molar-refractivity contribution < 1.29 is 28.4 Å². The molecular formula is C38H42O6. The van der Waals surface area contributed by atoms with E-state index in [-0.39, 0.29) is 24.4 Å². The summed E-state index contributed by atoms with van der Waals surface area (Å²) >= 11 is 0. The first-order chi connectivity index (χ1) is 21.6. The lowest BCUT2D eigenvalue weighted by molar-refractivity contribution is 0.0539. The lowest BCUT2D eigenvalue weighted by Crippen LogP contribution is -2.05. The van der Waals surface area contributed by atoms with Crippen LogP contribution in [0.4, 0.5) is 0 Å². The molecule has 6 rings (SSSR count). The molecule has 0 radical (unpaired) electrons. The largest absolute Gasteiger partial charge is 0.494 e. The van der Waals surface area contributed by atoms with Crippen LogP contribution in [0.25, 0.3) is 22.3 Å². The van der Waals surface area contributed by atoms with Gasteiger partial charge in [-0.05, 0) is 84.3 Å². The Morgan fingerprint density at radius 1 is 0.523 bits per heavy atom. The van der Waals surface area contributed by atoms with E-state index in [1.165, 1.54) is 33.4 Å². The van der Waals surface area contributed by atoms with Crippen LogP contribution in [0, 0.1) is 0 Å². The van der Waals surface area contributed by atoms with Crippen LogP contribution in [0.5, 0.6) is 11.5 Å². The first-order valence-electron chi connectivity index (χ1n) is 15.7. The molecule has 0 aromatic heterocycles. The molecule has 0 bridgehead atoms. The van der Waals surface area contributed by atoms with E-state index in [0.29, 0.717) is 26.4 Å². The maximum absolute atomic E-state index is 5.97. The summed E-state index contributed by atoms with van der Waals surface area (Å²) in [5.74, 6) is 1.77. The van der Waals surface area contributed by atoms with E-state index in [2.05, 4.69) is 86.6 Å². The highest BCUT2D eigenvalue weighted by Crippen LogP contribution is 2.28. The van der Waals surface area contributed by atoms with Gasteiger partial charge in [-0.1, -0.05) is 72.8 Å². The number of hydrogen-bond acceptors (Lipinski definition) is 6. The van der Waals surface area contributed by atoms with Crippen molar-refractivity contribution in [2.24, 2.45) is 0 Å². The molecule has 230 valence electrons. The minimum Gasteiger partial charge on any atom is -0.494 e. The van der Waals surface area contributed by atoms with Crippen LogP contribution in [0.15, 0.2) is 97.1 Å². The highest BCUT2D eigenvalue weighted by Gasteiger charge is 2.24. The second kappa shape index (κ2) is 14.9. The molecule has 4 unspecified atom stereocenters. The smallest absolute Gasteiger partial charge is 0.119 e. The van der Waals surface area contributed by atoms with Crippen LogP contribution in [0.1, 0.15) is 50.0 Å². The minimum atomic E-state index is 0.0620. The molecule has 0 amide bonds. The zero-order valence-corrected chi connectivity index (χ0v) is 25.7. The van der Waals surface area contributed by atoms with Crippen molar-refractivity contribution in [3.63, 3.8) is 0 Å². The summed E-state index contributed by atoms with van der Waals surface area (Å²) in [4.78, 5) is 0. The Bertz CT molecular complexity index is 1310. The third kappa shape index (κ3) is 8.93. The molecule has 6 heteroatoms. The summed E-state index contributed by atoms with van der Waals surface area (Å²) in [7, 11) is 0. The summed E-state index contributed by atoms with van der Waals surface area (Å²) in [6.45, 7) is 8.45. The first-order valence-corrected chi connectivity index (χ1v) is 15.7. The van der Waals surface area contributed by atoms with Crippen LogP contribution in [-0.2, 0) is 18.9 Å². The van der Waals surface area contributed by atoms with E-state index in [1.54, 1.807) is 0 Å². The standard InChI is InChI=1S/C38H42O6/c1-27(41-23-37-25-43-37)29-5-9-31(10-6-29)33-13-17-35(18-14-33)39-21-3-4-22-40-36-19-15-34(16-20-36)32-11-7-30(8-12-32)28(2)42-24-38-26-44-38/h5-20,27-28,37-38H,3-4,21-26H2,1-2H3. The van der Waals surface area contributed by atoms with Crippen molar-refractivity contribution in [3.8, 4) is 33.8 Å². The summed E-state index contributed by atoms with van der Waals surface area (Å²) in [5, 5.41) is 0. The number of benzene rings is 4. The fourth-order valence-electron chi connectivity index (χ4n) is 4.99. The van der Waals surface area contributed by atoms with Gasteiger partial charge in [-0.15, -0.1) is 0 Å². The molecule has 2 aliphatic rings. The average Bonchev–Trinajstić information content (AvgIpc) is 4.01. The second-order valence-corrected chi connectivity index (χ2v) is 11.6. The van der Waals surface area contributed by atoms with Crippen molar-refractivity contribution in [2.45, 2.75) is 51.1 Å². The van der Waals surface area contributed by atoms with Gasteiger partial charge in [0.1, 0.15) is 23.7 Å². The van der Waals surface area contributed by atoms with Gasteiger partial charge in [-0.3, -0.25) is 0 Å². The maximum atomic E-state index is 5.97. The molecule has 6 nitrogen and oxygen atoms in total. The molecule has 4 aromatic rings. The Kier molecular flexibility index (Phi) is 10.3. The number of ether oxygens (including phenoxy) is 6. The van der Waals surface area contributed by atoms with Crippen LogP contribution in [-0.4, -0.2) is 51.8 Å². The van der Waals surface area contributed by atoms with E-state index in [9.17, 15) is 0 Å². The quantitative estimate of drug-likeness (QED) is 0.0907. The lowest BCUT2D eigenvalue weighted by Gasteiger charge is -2.13. The van der Waals surface area contributed by atoms with Crippen LogP contribution in [0.2, 0.25) is 0 Å². The van der Waals surface area contributed by atoms with Gasteiger partial charge in [-0.2, -0.15) is 0 Å². The van der Waals surface area contributed by atoms with E-state index in [1.807, 2.05) is 24.3 Å². The molecule has 2 fully saturated rings. The summed E-state index contributed by atoms with van der Waals surface area (Å²) in [6, 6.07) is 33.7. The molecule has 4 aromatic carbocycles. The maximum Gasteiger partial charge on any atom is 0.119 e. The number of epoxide rings is 2. The Morgan fingerprint density at radius 2 is 0.841 bits per heavy atom. The molecule has 2 heterocycles. The molecule has 4 atom stereocenters. The summed E-state index contributed by atoms with van der Waals surface area (Å²) in [5.41, 5.74) is 7.04. The predicted octanol–water partition coefficient (Wildman–Crippen LogP) is 8.21. The first kappa shape index (κ1) is 30.4. The van der Waals surface area contributed by atoms with Gasteiger partial charge in [0.25, 0.3) is 0 Å². The number of hydrogen-bond donors (Lipinski definition) is 0. The van der Waals surface area contributed by atoms with Gasteiger partial charge in [-0.25, -0.2) is 0 Å². The third-order valence-electron chi connectivity index (χ3n) is 8.08. The molecule has 2 saturated heterocycles. The van der Waals surface area contributed by atoms with Gasteiger partial charge in [0.05, 0.1) is 51.8 Å². The second-order valence-electron chi connectivity index (χ2n) is 11.6. The Hall–Kier alpha value is -3.68. The fraction of sp³-hybridized carbons (Fsp3) is 0.368. The zero-order valence-electron chi connectivity index (χ0n) is 25.7. The molecule has 2 aliphatic heterocycles. The molecule has 44 heavy (non-hydrogen) atoms. The van der Waals surface area contributed by atoms with Gasteiger partial charge in [0.15, 0.2) is 0 Å². The molecule has 0 saturated carbocycles. The SMILES string of the molecule is CC(OCC1CO1)c1ccc(-c2ccc(OCCCCOc3ccc(-c4ccc(C(C)OCC5CO5)cc4)cc3)cc2)cc1.